The average molecular weight is 369 g/mol. The predicted molar refractivity (Wildman–Crippen MR) is 103 cm³/mol. The van der Waals surface area contributed by atoms with Crippen molar-refractivity contribution in [3.05, 3.63) is 54.6 Å². The molecule has 1 amide bonds. The summed E-state index contributed by atoms with van der Waals surface area (Å²) >= 11 is 0. The van der Waals surface area contributed by atoms with Crippen molar-refractivity contribution in [3.63, 3.8) is 0 Å². The summed E-state index contributed by atoms with van der Waals surface area (Å²) in [6.45, 7) is 7.23. The Bertz CT molecular complexity index is 860. The van der Waals surface area contributed by atoms with E-state index >= 15 is 0 Å². The van der Waals surface area contributed by atoms with E-state index < -0.39 is 5.79 Å². The number of anilines is 1. The van der Waals surface area contributed by atoms with E-state index in [0.29, 0.717) is 28.7 Å². The number of carbonyl (C=O) groups excluding carboxylic acids is 1. The van der Waals surface area contributed by atoms with Gasteiger partial charge in [0.05, 0.1) is 7.11 Å². The normalized spacial score (nSPS) is 13.7. The van der Waals surface area contributed by atoms with E-state index in [9.17, 15) is 4.79 Å². The first-order valence-electron chi connectivity index (χ1n) is 8.63. The van der Waals surface area contributed by atoms with Gasteiger partial charge >= 0.3 is 0 Å². The molecule has 2 aromatic carbocycles. The highest BCUT2D eigenvalue weighted by atomic mass is 16.7. The molecular formula is C21H23NO5. The van der Waals surface area contributed by atoms with Gasteiger partial charge in [-0.1, -0.05) is 12.1 Å². The Labute approximate surface area is 158 Å². The van der Waals surface area contributed by atoms with Crippen molar-refractivity contribution in [3.8, 4) is 23.0 Å². The molecule has 1 heterocycles. The van der Waals surface area contributed by atoms with Crippen LogP contribution in [-0.2, 0) is 11.2 Å². The second kappa shape index (κ2) is 7.61. The van der Waals surface area contributed by atoms with Crippen molar-refractivity contribution >= 4 is 11.6 Å². The molecule has 0 unspecified atom stereocenters. The molecule has 0 saturated heterocycles. The molecule has 6 heteroatoms. The van der Waals surface area contributed by atoms with E-state index in [-0.39, 0.29) is 12.5 Å². The molecule has 0 spiro atoms. The molecule has 142 valence electrons. The molecule has 0 atom stereocenters. The van der Waals surface area contributed by atoms with Crippen LogP contribution in [0.3, 0.4) is 0 Å². The number of methoxy groups -OCH3 is 1. The van der Waals surface area contributed by atoms with Crippen molar-refractivity contribution in [1.29, 1.82) is 0 Å². The topological polar surface area (TPSA) is 66.0 Å². The molecule has 0 saturated carbocycles. The highest BCUT2D eigenvalue weighted by Gasteiger charge is 2.31. The van der Waals surface area contributed by atoms with E-state index in [2.05, 4.69) is 11.9 Å². The van der Waals surface area contributed by atoms with Crippen LogP contribution in [0.25, 0.3) is 0 Å². The Morgan fingerprint density at radius 3 is 2.67 bits per heavy atom. The SMILES string of the molecule is C=CCc1ccc(OCC(=O)Nc2ccc3c(c2)OC(C)(C)O3)c(OC)c1. The molecule has 3 rings (SSSR count). The molecule has 1 aliphatic heterocycles. The highest BCUT2D eigenvalue weighted by Crippen LogP contribution is 2.40. The zero-order valence-electron chi connectivity index (χ0n) is 15.7. The summed E-state index contributed by atoms with van der Waals surface area (Å²) in [5, 5.41) is 2.78. The molecule has 1 N–H and O–H groups in total. The van der Waals surface area contributed by atoms with E-state index in [1.165, 1.54) is 0 Å². The first kappa shape index (κ1) is 18.6. The van der Waals surface area contributed by atoms with Crippen molar-refractivity contribution in [2.45, 2.75) is 26.1 Å². The number of carbonyl (C=O) groups is 1. The number of allylic oxidation sites excluding steroid dienone is 1. The highest BCUT2D eigenvalue weighted by molar-refractivity contribution is 5.92. The van der Waals surface area contributed by atoms with Crippen LogP contribution >= 0.6 is 0 Å². The minimum absolute atomic E-state index is 0.142. The van der Waals surface area contributed by atoms with Crippen molar-refractivity contribution in [2.75, 3.05) is 19.0 Å². The fraction of sp³-hybridized carbons (Fsp3) is 0.286. The summed E-state index contributed by atoms with van der Waals surface area (Å²) in [6, 6.07) is 10.8. The molecule has 27 heavy (non-hydrogen) atoms. The lowest BCUT2D eigenvalue weighted by Gasteiger charge is -2.16. The minimum Gasteiger partial charge on any atom is -0.493 e. The van der Waals surface area contributed by atoms with Crippen LogP contribution in [-0.4, -0.2) is 25.4 Å². The number of fused-ring (bicyclic) bond motifs is 1. The summed E-state index contributed by atoms with van der Waals surface area (Å²) in [6.07, 6.45) is 2.55. The van der Waals surface area contributed by atoms with Crippen LogP contribution in [0, 0.1) is 0 Å². The Morgan fingerprint density at radius 2 is 1.93 bits per heavy atom. The molecule has 0 radical (unpaired) electrons. The van der Waals surface area contributed by atoms with Gasteiger partial charge in [-0.25, -0.2) is 0 Å². The maximum Gasteiger partial charge on any atom is 0.262 e. The molecule has 0 aromatic heterocycles. The standard InChI is InChI=1S/C21H23NO5/c1-5-6-14-7-9-16(18(11-14)24-4)25-13-20(23)22-15-8-10-17-19(12-15)27-21(2,3)26-17/h5,7-12H,1,6,13H2,2-4H3,(H,22,23). The third-order valence-corrected chi connectivity index (χ3v) is 3.91. The number of amides is 1. The summed E-state index contributed by atoms with van der Waals surface area (Å²) in [4.78, 5) is 12.2. The van der Waals surface area contributed by atoms with Crippen molar-refractivity contribution in [1.82, 2.24) is 0 Å². The van der Waals surface area contributed by atoms with Crippen LogP contribution in [0.4, 0.5) is 5.69 Å². The van der Waals surface area contributed by atoms with Gasteiger partial charge in [0.15, 0.2) is 29.6 Å². The predicted octanol–water partition coefficient (Wildman–Crippen LogP) is 3.95. The lowest BCUT2D eigenvalue weighted by Crippen LogP contribution is -2.29. The van der Waals surface area contributed by atoms with E-state index in [1.807, 2.05) is 32.1 Å². The van der Waals surface area contributed by atoms with Crippen molar-refractivity contribution < 1.29 is 23.7 Å². The fourth-order valence-electron chi connectivity index (χ4n) is 2.77. The van der Waals surface area contributed by atoms with Crippen LogP contribution in [0.1, 0.15) is 19.4 Å². The number of rotatable bonds is 7. The quantitative estimate of drug-likeness (QED) is 0.749. The molecular weight excluding hydrogens is 346 g/mol. The van der Waals surface area contributed by atoms with Gasteiger partial charge in [-0.2, -0.15) is 0 Å². The summed E-state index contributed by atoms with van der Waals surface area (Å²) in [5.74, 6) is 1.34. The molecule has 2 aromatic rings. The van der Waals surface area contributed by atoms with Gasteiger partial charge in [-0.15, -0.1) is 6.58 Å². The summed E-state index contributed by atoms with van der Waals surface area (Å²) in [7, 11) is 1.56. The third kappa shape index (κ3) is 4.53. The molecule has 1 aliphatic rings. The smallest absolute Gasteiger partial charge is 0.262 e. The molecule has 6 nitrogen and oxygen atoms in total. The minimum atomic E-state index is -0.706. The van der Waals surface area contributed by atoms with Gasteiger partial charge in [-0.3, -0.25) is 4.79 Å². The van der Waals surface area contributed by atoms with Gasteiger partial charge in [0, 0.05) is 25.6 Å². The van der Waals surface area contributed by atoms with Gasteiger partial charge in [0.2, 0.25) is 5.79 Å². The number of hydrogen-bond donors (Lipinski definition) is 1. The van der Waals surface area contributed by atoms with Gasteiger partial charge in [0.25, 0.3) is 5.91 Å². The maximum atomic E-state index is 12.2. The van der Waals surface area contributed by atoms with Crippen LogP contribution in [0.2, 0.25) is 0 Å². The number of nitrogens with one attached hydrogen (secondary N) is 1. The zero-order valence-corrected chi connectivity index (χ0v) is 15.7. The van der Waals surface area contributed by atoms with Gasteiger partial charge in [-0.05, 0) is 36.2 Å². The second-order valence-corrected chi connectivity index (χ2v) is 6.58. The largest absolute Gasteiger partial charge is 0.493 e. The Hall–Kier alpha value is -3.15. The van der Waals surface area contributed by atoms with Gasteiger partial charge in [0.1, 0.15) is 0 Å². The van der Waals surface area contributed by atoms with Gasteiger partial charge < -0.3 is 24.3 Å². The fourth-order valence-corrected chi connectivity index (χ4v) is 2.77. The second-order valence-electron chi connectivity index (χ2n) is 6.58. The Balaban J connectivity index is 1.60. The van der Waals surface area contributed by atoms with Crippen molar-refractivity contribution in [2.24, 2.45) is 0 Å². The van der Waals surface area contributed by atoms with Crippen LogP contribution in [0.15, 0.2) is 49.1 Å². The zero-order chi connectivity index (χ0) is 19.4. The number of benzene rings is 2. The number of hydrogen-bond acceptors (Lipinski definition) is 5. The number of ether oxygens (including phenoxy) is 4. The average Bonchev–Trinajstić information content (AvgIpc) is 2.93. The summed E-state index contributed by atoms with van der Waals surface area (Å²) < 4.78 is 22.2. The first-order chi connectivity index (χ1) is 12.9. The summed E-state index contributed by atoms with van der Waals surface area (Å²) in [5.41, 5.74) is 1.67. The lowest BCUT2D eigenvalue weighted by atomic mass is 10.1. The van der Waals surface area contributed by atoms with Crippen LogP contribution < -0.4 is 24.3 Å². The van der Waals surface area contributed by atoms with E-state index in [4.69, 9.17) is 18.9 Å². The molecule has 0 fully saturated rings. The Kier molecular flexibility index (Phi) is 5.26. The maximum absolute atomic E-state index is 12.2. The van der Waals surface area contributed by atoms with Crippen LogP contribution in [0.5, 0.6) is 23.0 Å². The van der Waals surface area contributed by atoms with E-state index in [0.717, 1.165) is 12.0 Å². The van der Waals surface area contributed by atoms with E-state index in [1.54, 1.807) is 31.4 Å². The Morgan fingerprint density at radius 1 is 1.15 bits per heavy atom. The third-order valence-electron chi connectivity index (χ3n) is 3.91. The lowest BCUT2D eigenvalue weighted by molar-refractivity contribution is -0.118. The monoisotopic (exact) mass is 369 g/mol. The first-order valence-corrected chi connectivity index (χ1v) is 8.63. The molecule has 0 bridgehead atoms. The molecule has 0 aliphatic carbocycles.